The normalized spacial score (nSPS) is 15.1. The van der Waals surface area contributed by atoms with E-state index < -0.39 is 10.8 Å². The Labute approximate surface area is 172 Å². The molecule has 1 heterocycles. The van der Waals surface area contributed by atoms with Gasteiger partial charge in [-0.2, -0.15) is 10.1 Å². The van der Waals surface area contributed by atoms with Crippen molar-refractivity contribution in [2.24, 2.45) is 10.1 Å². The number of benzene rings is 3. The van der Waals surface area contributed by atoms with Gasteiger partial charge in [0, 0.05) is 11.6 Å². The van der Waals surface area contributed by atoms with E-state index in [0.29, 0.717) is 17.0 Å². The zero-order chi connectivity index (χ0) is 20.9. The predicted molar refractivity (Wildman–Crippen MR) is 115 cm³/mol. The molecule has 0 N–H and O–H groups in total. The van der Waals surface area contributed by atoms with Crippen LogP contribution in [-0.2, 0) is 4.79 Å². The number of rotatable bonds is 5. The highest BCUT2D eigenvalue weighted by Gasteiger charge is 2.31. The first-order chi connectivity index (χ1) is 14.6. The number of hydrogen-bond donors (Lipinski definition) is 0. The molecule has 0 radical (unpaired) electrons. The van der Waals surface area contributed by atoms with Crippen molar-refractivity contribution in [3.8, 4) is 0 Å². The Bertz CT molecular complexity index is 1190. The molecule has 0 saturated carbocycles. The zero-order valence-electron chi connectivity index (χ0n) is 15.8. The van der Waals surface area contributed by atoms with Crippen LogP contribution in [0.15, 0.2) is 101 Å². The van der Waals surface area contributed by atoms with E-state index in [9.17, 15) is 14.9 Å². The predicted octanol–water partition coefficient (Wildman–Crippen LogP) is 4.26. The lowest BCUT2D eigenvalue weighted by Crippen LogP contribution is -2.27. The van der Waals surface area contributed by atoms with Crippen LogP contribution in [0.5, 0.6) is 0 Å². The molecule has 3 aromatic carbocycles. The van der Waals surface area contributed by atoms with Crippen molar-refractivity contribution in [1.29, 1.82) is 0 Å². The summed E-state index contributed by atoms with van der Waals surface area (Å²) < 4.78 is 0. The Balaban J connectivity index is 1.77. The molecule has 0 saturated heterocycles. The number of nitrogens with zero attached hydrogens (tertiary/aromatic N) is 4. The van der Waals surface area contributed by atoms with Crippen LogP contribution in [0.2, 0.25) is 0 Å². The number of nitro benzene ring substituents is 1. The highest BCUT2D eigenvalue weighted by molar-refractivity contribution is 6.19. The Morgan fingerprint density at radius 2 is 1.53 bits per heavy atom. The van der Waals surface area contributed by atoms with Gasteiger partial charge < -0.3 is 0 Å². The van der Waals surface area contributed by atoms with Gasteiger partial charge in [0.15, 0.2) is 5.84 Å². The van der Waals surface area contributed by atoms with Gasteiger partial charge in [0.05, 0.1) is 16.7 Å². The largest absolute Gasteiger partial charge is 0.298 e. The summed E-state index contributed by atoms with van der Waals surface area (Å²) in [7, 11) is 0. The van der Waals surface area contributed by atoms with Gasteiger partial charge in [0.25, 0.3) is 11.6 Å². The van der Waals surface area contributed by atoms with Crippen molar-refractivity contribution in [3.05, 3.63) is 117 Å². The van der Waals surface area contributed by atoms with E-state index >= 15 is 0 Å². The van der Waals surface area contributed by atoms with E-state index in [2.05, 4.69) is 10.1 Å². The molecule has 1 aliphatic rings. The average Bonchev–Trinajstić information content (AvgIpc) is 3.09. The van der Waals surface area contributed by atoms with Crippen LogP contribution >= 0.6 is 0 Å². The summed E-state index contributed by atoms with van der Waals surface area (Å²) in [4.78, 5) is 28.3. The van der Waals surface area contributed by atoms with Crippen molar-refractivity contribution >= 4 is 29.7 Å². The fraction of sp³-hybridized carbons (Fsp3) is 0. The van der Waals surface area contributed by atoms with Gasteiger partial charge in [-0.05, 0) is 17.7 Å². The van der Waals surface area contributed by atoms with Crippen molar-refractivity contribution in [2.75, 3.05) is 0 Å². The number of carbonyl (C=O) groups is 1. The molecule has 4 rings (SSSR count). The maximum atomic E-state index is 13.1. The number of nitro groups is 1. The number of hydrogen-bond acceptors (Lipinski definition) is 5. The first-order valence-corrected chi connectivity index (χ1v) is 9.16. The molecular formula is C23H16N4O3. The molecule has 1 amide bonds. The van der Waals surface area contributed by atoms with Crippen LogP contribution < -0.4 is 0 Å². The second-order valence-corrected chi connectivity index (χ2v) is 6.42. The second-order valence-electron chi connectivity index (χ2n) is 6.42. The van der Waals surface area contributed by atoms with Crippen LogP contribution in [0.4, 0.5) is 5.69 Å². The summed E-state index contributed by atoms with van der Waals surface area (Å²) in [5.74, 6) is -0.100. The van der Waals surface area contributed by atoms with Crippen molar-refractivity contribution in [3.63, 3.8) is 0 Å². The smallest absolute Gasteiger partial charge is 0.265 e. The Morgan fingerprint density at radius 3 is 2.23 bits per heavy atom. The summed E-state index contributed by atoms with van der Waals surface area (Å²) >= 11 is 0. The van der Waals surface area contributed by atoms with Crippen LogP contribution in [0.25, 0.3) is 6.08 Å². The van der Waals surface area contributed by atoms with Crippen LogP contribution in [0.3, 0.4) is 0 Å². The molecule has 1 aliphatic heterocycles. The highest BCUT2D eigenvalue weighted by Crippen LogP contribution is 2.26. The second kappa shape index (κ2) is 8.32. The summed E-state index contributed by atoms with van der Waals surface area (Å²) in [6.45, 7) is 0. The minimum Gasteiger partial charge on any atom is -0.265 e. The molecule has 0 atom stereocenters. The average molecular weight is 396 g/mol. The Kier molecular flexibility index (Phi) is 5.25. The van der Waals surface area contributed by atoms with E-state index in [1.165, 1.54) is 17.2 Å². The minimum absolute atomic E-state index is 0.0772. The molecule has 0 spiro atoms. The van der Waals surface area contributed by atoms with Gasteiger partial charge >= 0.3 is 0 Å². The van der Waals surface area contributed by atoms with E-state index in [1.54, 1.807) is 24.4 Å². The number of hydrazone groups is 1. The highest BCUT2D eigenvalue weighted by atomic mass is 16.6. The molecule has 7 heteroatoms. The van der Waals surface area contributed by atoms with Gasteiger partial charge in [-0.15, -0.1) is 0 Å². The zero-order valence-corrected chi connectivity index (χ0v) is 15.8. The lowest BCUT2D eigenvalue weighted by molar-refractivity contribution is -0.385. The topological polar surface area (TPSA) is 88.2 Å². The molecular weight excluding hydrogens is 380 g/mol. The van der Waals surface area contributed by atoms with E-state index in [0.717, 1.165) is 5.56 Å². The number of para-hydroxylation sites is 1. The van der Waals surface area contributed by atoms with Crippen LogP contribution in [-0.4, -0.2) is 27.9 Å². The SMILES string of the molecule is O=C1/C(=C/c2ccccc2[N+](=O)[O-])N=C(c2ccccc2)N1/N=C/c1ccccc1. The summed E-state index contributed by atoms with van der Waals surface area (Å²) in [5, 5.41) is 16.9. The summed E-state index contributed by atoms with van der Waals surface area (Å²) in [6.07, 6.45) is 2.99. The minimum atomic E-state index is -0.487. The Morgan fingerprint density at radius 1 is 0.900 bits per heavy atom. The maximum absolute atomic E-state index is 13.1. The van der Waals surface area contributed by atoms with Gasteiger partial charge in [-0.1, -0.05) is 72.8 Å². The molecule has 0 bridgehead atoms. The third-order valence-electron chi connectivity index (χ3n) is 4.42. The third kappa shape index (κ3) is 3.90. The van der Waals surface area contributed by atoms with Crippen LogP contribution in [0.1, 0.15) is 16.7 Å². The third-order valence-corrected chi connectivity index (χ3v) is 4.42. The molecule has 30 heavy (non-hydrogen) atoms. The lowest BCUT2D eigenvalue weighted by atomic mass is 10.1. The van der Waals surface area contributed by atoms with Gasteiger partial charge in [0.2, 0.25) is 0 Å². The van der Waals surface area contributed by atoms with Crippen molar-refractivity contribution in [2.45, 2.75) is 0 Å². The Hall–Kier alpha value is -4.39. The molecule has 0 unspecified atom stereocenters. The van der Waals surface area contributed by atoms with Crippen molar-refractivity contribution in [1.82, 2.24) is 5.01 Å². The molecule has 0 aliphatic carbocycles. The molecule has 146 valence electrons. The lowest BCUT2D eigenvalue weighted by Gasteiger charge is -2.11. The number of amides is 1. The first kappa shape index (κ1) is 18.9. The quantitative estimate of drug-likeness (QED) is 0.279. The monoisotopic (exact) mass is 396 g/mol. The van der Waals surface area contributed by atoms with E-state index in [1.807, 2.05) is 60.7 Å². The standard InChI is InChI=1S/C23H16N4O3/c28-23-20(15-19-13-7-8-14-21(19)27(29)30)25-22(18-11-5-2-6-12-18)26(23)24-16-17-9-3-1-4-10-17/h1-16H/b20-15-,24-16+. The summed E-state index contributed by atoms with van der Waals surface area (Å²) in [6, 6.07) is 24.8. The van der Waals surface area contributed by atoms with E-state index in [-0.39, 0.29) is 11.4 Å². The number of carbonyl (C=O) groups excluding carboxylic acids is 1. The fourth-order valence-electron chi connectivity index (χ4n) is 2.98. The molecule has 7 nitrogen and oxygen atoms in total. The van der Waals surface area contributed by atoms with E-state index in [4.69, 9.17) is 0 Å². The van der Waals surface area contributed by atoms with Crippen LogP contribution in [0, 0.1) is 10.1 Å². The number of aliphatic imine (C=N–C) groups is 1. The summed E-state index contributed by atoms with van der Waals surface area (Å²) in [5.41, 5.74) is 1.82. The number of amidine groups is 1. The van der Waals surface area contributed by atoms with Crippen molar-refractivity contribution < 1.29 is 9.72 Å². The first-order valence-electron chi connectivity index (χ1n) is 9.16. The maximum Gasteiger partial charge on any atom is 0.298 e. The van der Waals surface area contributed by atoms with Gasteiger partial charge in [-0.25, -0.2) is 4.99 Å². The van der Waals surface area contributed by atoms with Gasteiger partial charge in [0.1, 0.15) is 5.70 Å². The molecule has 0 fully saturated rings. The molecule has 0 aromatic heterocycles. The van der Waals surface area contributed by atoms with Gasteiger partial charge in [-0.3, -0.25) is 14.9 Å². The molecule has 3 aromatic rings. The fourth-order valence-corrected chi connectivity index (χ4v) is 2.98.